The molecule has 5 heteroatoms. The average Bonchev–Trinajstić information content (AvgIpc) is 2.74. The van der Waals surface area contributed by atoms with Crippen LogP contribution in [0.25, 0.3) is 11.1 Å². The Kier molecular flexibility index (Phi) is 2.56. The highest BCUT2D eigenvalue weighted by molar-refractivity contribution is 5.73. The van der Waals surface area contributed by atoms with Crippen LogP contribution in [0.4, 0.5) is 0 Å². The molecule has 1 aromatic carbocycles. The van der Waals surface area contributed by atoms with Crippen molar-refractivity contribution in [3.8, 4) is 0 Å². The van der Waals surface area contributed by atoms with Crippen molar-refractivity contribution in [2.24, 2.45) is 0 Å². The minimum atomic E-state index is -0.800. The number of aliphatic carboxylic acids is 1. The van der Waals surface area contributed by atoms with Crippen molar-refractivity contribution in [2.45, 2.75) is 24.9 Å². The SMILES string of the molecule is O=C(O)CCC1(c2ccc3ncoc3c2)CCO1. The highest BCUT2D eigenvalue weighted by atomic mass is 16.5. The van der Waals surface area contributed by atoms with Crippen molar-refractivity contribution in [3.05, 3.63) is 30.2 Å². The largest absolute Gasteiger partial charge is 0.481 e. The van der Waals surface area contributed by atoms with Gasteiger partial charge in [-0.1, -0.05) is 6.07 Å². The fourth-order valence-corrected chi connectivity index (χ4v) is 2.36. The van der Waals surface area contributed by atoms with Gasteiger partial charge >= 0.3 is 5.97 Å². The maximum atomic E-state index is 10.7. The number of hydrogen-bond donors (Lipinski definition) is 1. The van der Waals surface area contributed by atoms with E-state index in [0.29, 0.717) is 18.6 Å². The lowest BCUT2D eigenvalue weighted by atomic mass is 9.82. The smallest absolute Gasteiger partial charge is 0.303 e. The number of benzene rings is 1. The molecule has 1 atom stereocenters. The summed E-state index contributed by atoms with van der Waals surface area (Å²) in [4.78, 5) is 14.8. The Bertz CT molecular complexity index is 585. The number of carbonyl (C=O) groups is 1. The molecule has 1 aromatic heterocycles. The number of hydrogen-bond acceptors (Lipinski definition) is 4. The van der Waals surface area contributed by atoms with E-state index >= 15 is 0 Å². The van der Waals surface area contributed by atoms with Crippen molar-refractivity contribution < 1.29 is 19.1 Å². The van der Waals surface area contributed by atoms with Crippen LogP contribution in [0.2, 0.25) is 0 Å². The number of carboxylic acids is 1. The molecule has 0 spiro atoms. The van der Waals surface area contributed by atoms with Gasteiger partial charge in [0.1, 0.15) is 5.52 Å². The highest BCUT2D eigenvalue weighted by Crippen LogP contribution is 2.42. The van der Waals surface area contributed by atoms with E-state index in [9.17, 15) is 4.79 Å². The van der Waals surface area contributed by atoms with Crippen LogP contribution in [0, 0.1) is 0 Å². The molecular weight excluding hydrogens is 234 g/mol. The van der Waals surface area contributed by atoms with Crippen LogP contribution in [0.5, 0.6) is 0 Å². The molecule has 0 amide bonds. The molecule has 0 saturated carbocycles. The third-order valence-electron chi connectivity index (χ3n) is 3.48. The Hall–Kier alpha value is -1.88. The summed E-state index contributed by atoms with van der Waals surface area (Å²) >= 11 is 0. The number of ether oxygens (including phenoxy) is 1. The van der Waals surface area contributed by atoms with E-state index in [-0.39, 0.29) is 6.42 Å². The first-order chi connectivity index (χ1) is 8.70. The van der Waals surface area contributed by atoms with Crippen LogP contribution >= 0.6 is 0 Å². The third kappa shape index (κ3) is 1.76. The van der Waals surface area contributed by atoms with Crippen LogP contribution < -0.4 is 0 Å². The van der Waals surface area contributed by atoms with Crippen molar-refractivity contribution in [1.82, 2.24) is 4.98 Å². The molecule has 2 heterocycles. The summed E-state index contributed by atoms with van der Waals surface area (Å²) in [5, 5.41) is 8.80. The number of fused-ring (bicyclic) bond motifs is 1. The van der Waals surface area contributed by atoms with Crippen molar-refractivity contribution in [3.63, 3.8) is 0 Å². The van der Waals surface area contributed by atoms with Crippen molar-refractivity contribution >= 4 is 17.1 Å². The molecule has 1 aliphatic heterocycles. The lowest BCUT2D eigenvalue weighted by molar-refractivity contribution is -0.165. The molecule has 5 nitrogen and oxygen atoms in total. The Morgan fingerprint density at radius 3 is 3.00 bits per heavy atom. The summed E-state index contributed by atoms with van der Waals surface area (Å²) in [5.74, 6) is -0.800. The van der Waals surface area contributed by atoms with E-state index < -0.39 is 11.6 Å². The molecule has 1 N–H and O–H groups in total. The van der Waals surface area contributed by atoms with Gasteiger partial charge in [0.2, 0.25) is 0 Å². The fourth-order valence-electron chi connectivity index (χ4n) is 2.36. The number of aromatic nitrogens is 1. The van der Waals surface area contributed by atoms with E-state index in [2.05, 4.69) is 4.98 Å². The first-order valence-electron chi connectivity index (χ1n) is 5.89. The Morgan fingerprint density at radius 1 is 1.50 bits per heavy atom. The van der Waals surface area contributed by atoms with Gasteiger partial charge in [-0.25, -0.2) is 4.98 Å². The molecule has 0 radical (unpaired) electrons. The first kappa shape index (κ1) is 11.2. The Balaban J connectivity index is 1.92. The van der Waals surface area contributed by atoms with E-state index in [0.717, 1.165) is 17.5 Å². The second-order valence-electron chi connectivity index (χ2n) is 4.52. The second kappa shape index (κ2) is 4.10. The van der Waals surface area contributed by atoms with E-state index in [1.807, 2.05) is 18.2 Å². The molecule has 94 valence electrons. The normalized spacial score (nSPS) is 22.9. The fraction of sp³-hybridized carbons (Fsp3) is 0.385. The minimum Gasteiger partial charge on any atom is -0.481 e. The van der Waals surface area contributed by atoms with Gasteiger partial charge in [0.05, 0.1) is 12.2 Å². The number of carboxylic acid groups (broad SMARTS) is 1. The summed E-state index contributed by atoms with van der Waals surface area (Å²) in [7, 11) is 0. The van der Waals surface area contributed by atoms with E-state index in [1.165, 1.54) is 6.39 Å². The molecule has 0 aliphatic carbocycles. The van der Waals surface area contributed by atoms with Crippen LogP contribution in [-0.4, -0.2) is 22.7 Å². The zero-order valence-corrected chi connectivity index (χ0v) is 9.76. The predicted octanol–water partition coefficient (Wildman–Crippen LogP) is 2.31. The van der Waals surface area contributed by atoms with Crippen LogP contribution in [0.1, 0.15) is 24.8 Å². The Labute approximate surface area is 103 Å². The monoisotopic (exact) mass is 247 g/mol. The molecule has 0 bridgehead atoms. The van der Waals surface area contributed by atoms with Crippen LogP contribution in [-0.2, 0) is 15.1 Å². The van der Waals surface area contributed by atoms with E-state index in [4.69, 9.17) is 14.3 Å². The molecule has 1 fully saturated rings. The van der Waals surface area contributed by atoms with Gasteiger partial charge in [0.15, 0.2) is 12.0 Å². The number of rotatable bonds is 4. The molecular formula is C13H13NO4. The van der Waals surface area contributed by atoms with Gasteiger partial charge in [-0.05, 0) is 24.1 Å². The van der Waals surface area contributed by atoms with Crippen molar-refractivity contribution in [1.29, 1.82) is 0 Å². The van der Waals surface area contributed by atoms with Gasteiger partial charge < -0.3 is 14.3 Å². The van der Waals surface area contributed by atoms with Crippen LogP contribution in [0.15, 0.2) is 29.0 Å². The number of oxazole rings is 1. The topological polar surface area (TPSA) is 72.6 Å². The second-order valence-corrected chi connectivity index (χ2v) is 4.52. The first-order valence-corrected chi connectivity index (χ1v) is 5.89. The lowest BCUT2D eigenvalue weighted by Crippen LogP contribution is -2.41. The van der Waals surface area contributed by atoms with Gasteiger partial charge in [-0.2, -0.15) is 0 Å². The molecule has 3 rings (SSSR count). The summed E-state index contributed by atoms with van der Waals surface area (Å²) in [6.45, 7) is 0.675. The maximum Gasteiger partial charge on any atom is 0.303 e. The predicted molar refractivity (Wildman–Crippen MR) is 63.1 cm³/mol. The van der Waals surface area contributed by atoms with Crippen molar-refractivity contribution in [2.75, 3.05) is 6.61 Å². The van der Waals surface area contributed by atoms with Gasteiger partial charge in [0.25, 0.3) is 0 Å². The van der Waals surface area contributed by atoms with Gasteiger partial charge in [-0.15, -0.1) is 0 Å². The quantitative estimate of drug-likeness (QED) is 0.897. The molecule has 1 aliphatic rings. The minimum absolute atomic E-state index is 0.106. The zero-order valence-electron chi connectivity index (χ0n) is 9.76. The highest BCUT2D eigenvalue weighted by Gasteiger charge is 2.40. The molecule has 1 unspecified atom stereocenters. The summed E-state index contributed by atoms with van der Waals surface area (Å²) < 4.78 is 10.9. The van der Waals surface area contributed by atoms with Gasteiger partial charge in [-0.3, -0.25) is 4.79 Å². The summed E-state index contributed by atoms with van der Waals surface area (Å²) in [6, 6.07) is 5.70. The van der Waals surface area contributed by atoms with Gasteiger partial charge in [0, 0.05) is 12.8 Å². The summed E-state index contributed by atoms with van der Waals surface area (Å²) in [6.07, 6.45) is 2.84. The third-order valence-corrected chi connectivity index (χ3v) is 3.48. The molecule has 1 saturated heterocycles. The summed E-state index contributed by atoms with van der Waals surface area (Å²) in [5.41, 5.74) is 2.02. The zero-order chi connectivity index (χ0) is 12.6. The number of nitrogens with zero attached hydrogens (tertiary/aromatic N) is 1. The average molecular weight is 247 g/mol. The maximum absolute atomic E-state index is 10.7. The lowest BCUT2D eigenvalue weighted by Gasteiger charge is -2.42. The van der Waals surface area contributed by atoms with E-state index in [1.54, 1.807) is 0 Å². The Morgan fingerprint density at radius 2 is 2.33 bits per heavy atom. The molecule has 18 heavy (non-hydrogen) atoms. The van der Waals surface area contributed by atoms with Crippen LogP contribution in [0.3, 0.4) is 0 Å². The molecule has 2 aromatic rings. The standard InChI is InChI=1S/C13H13NO4/c15-12(16)3-4-13(5-6-18-13)9-1-2-10-11(7-9)17-8-14-10/h1-2,7-8H,3-6H2,(H,15,16).